The standard InChI is InChI=1S/C32H32F3N5O/c1-21-17-23(9-7-22(21)8-10-24-19-37-30(36)28-6-4-3-5-27(24)28)31(41)38-26-12-11-25(29(18-26)32(33,34)35)20-40-15-13-39(2)14-16-40/h3-7,9,11-12,17-19,31,38,41H,13-16,20H2,1-2H3,(H2,36,37). The summed E-state index contributed by atoms with van der Waals surface area (Å²) in [5, 5.41) is 15.4. The molecule has 4 aromatic rings. The van der Waals surface area contributed by atoms with Crippen molar-refractivity contribution in [1.29, 1.82) is 0 Å². The molecule has 1 atom stereocenters. The Morgan fingerprint density at radius 3 is 2.39 bits per heavy atom. The van der Waals surface area contributed by atoms with Crippen molar-refractivity contribution in [2.75, 3.05) is 44.3 Å². The van der Waals surface area contributed by atoms with Crippen molar-refractivity contribution in [3.05, 3.63) is 100 Å². The Balaban J connectivity index is 1.32. The first-order chi connectivity index (χ1) is 19.6. The van der Waals surface area contributed by atoms with Crippen molar-refractivity contribution in [2.24, 2.45) is 0 Å². The Hall–Kier alpha value is -4.10. The van der Waals surface area contributed by atoms with Gasteiger partial charge in [0.2, 0.25) is 0 Å². The molecule has 0 amide bonds. The number of aliphatic hydroxyl groups excluding tert-OH is 1. The summed E-state index contributed by atoms with van der Waals surface area (Å²) in [6.45, 7) is 5.20. The zero-order chi connectivity index (χ0) is 29.1. The van der Waals surface area contributed by atoms with E-state index >= 15 is 0 Å². The molecule has 1 fully saturated rings. The molecule has 0 saturated carbocycles. The first kappa shape index (κ1) is 28.4. The van der Waals surface area contributed by atoms with Gasteiger partial charge in [0.25, 0.3) is 0 Å². The predicted octanol–water partition coefficient (Wildman–Crippen LogP) is 5.39. The molecule has 0 aliphatic carbocycles. The van der Waals surface area contributed by atoms with Gasteiger partial charge in [-0.25, -0.2) is 4.98 Å². The average Bonchev–Trinajstić information content (AvgIpc) is 2.95. The zero-order valence-corrected chi connectivity index (χ0v) is 23.0. The van der Waals surface area contributed by atoms with Crippen LogP contribution in [-0.4, -0.2) is 53.1 Å². The maximum absolute atomic E-state index is 14.0. The van der Waals surface area contributed by atoms with E-state index in [-0.39, 0.29) is 17.8 Å². The topological polar surface area (TPSA) is 77.7 Å². The second-order valence-electron chi connectivity index (χ2n) is 10.4. The number of aliphatic hydroxyl groups is 1. The summed E-state index contributed by atoms with van der Waals surface area (Å²) in [6, 6.07) is 17.1. The minimum atomic E-state index is -4.51. The molecule has 1 saturated heterocycles. The van der Waals surface area contributed by atoms with E-state index in [0.717, 1.165) is 59.7 Å². The highest BCUT2D eigenvalue weighted by atomic mass is 19.4. The Morgan fingerprint density at radius 1 is 0.976 bits per heavy atom. The number of rotatable bonds is 5. The minimum Gasteiger partial charge on any atom is -0.383 e. The van der Waals surface area contributed by atoms with E-state index in [9.17, 15) is 18.3 Å². The number of aryl methyl sites for hydroxylation is 1. The third kappa shape index (κ3) is 6.63. The first-order valence-corrected chi connectivity index (χ1v) is 13.4. The van der Waals surface area contributed by atoms with Gasteiger partial charge in [0.15, 0.2) is 6.23 Å². The molecular formula is C32H32F3N5O. The number of nitrogens with zero attached hydrogens (tertiary/aromatic N) is 3. The number of anilines is 2. The lowest BCUT2D eigenvalue weighted by Gasteiger charge is -2.33. The zero-order valence-electron chi connectivity index (χ0n) is 23.0. The number of hydrogen-bond donors (Lipinski definition) is 3. The van der Waals surface area contributed by atoms with Crippen molar-refractivity contribution in [1.82, 2.24) is 14.8 Å². The first-order valence-electron chi connectivity index (χ1n) is 13.4. The molecule has 0 spiro atoms. The molecule has 0 bridgehead atoms. The van der Waals surface area contributed by atoms with Crippen molar-refractivity contribution in [2.45, 2.75) is 25.9 Å². The molecule has 1 aliphatic heterocycles. The summed E-state index contributed by atoms with van der Waals surface area (Å²) < 4.78 is 41.9. The van der Waals surface area contributed by atoms with Gasteiger partial charge in [-0.2, -0.15) is 13.2 Å². The molecule has 0 radical (unpaired) electrons. The van der Waals surface area contributed by atoms with Crippen LogP contribution in [0.3, 0.4) is 0 Å². The van der Waals surface area contributed by atoms with E-state index in [1.165, 1.54) is 6.07 Å². The summed E-state index contributed by atoms with van der Waals surface area (Å²) >= 11 is 0. The Morgan fingerprint density at radius 2 is 1.68 bits per heavy atom. The fraction of sp³-hybridized carbons (Fsp3) is 0.281. The lowest BCUT2D eigenvalue weighted by molar-refractivity contribution is -0.138. The number of nitrogens with two attached hydrogens (primary N) is 1. The summed E-state index contributed by atoms with van der Waals surface area (Å²) in [7, 11) is 2.01. The lowest BCUT2D eigenvalue weighted by Crippen LogP contribution is -2.44. The minimum absolute atomic E-state index is 0.191. The fourth-order valence-electron chi connectivity index (χ4n) is 5.00. The van der Waals surface area contributed by atoms with E-state index in [4.69, 9.17) is 5.73 Å². The second kappa shape index (κ2) is 11.8. The van der Waals surface area contributed by atoms with Crippen LogP contribution >= 0.6 is 0 Å². The van der Waals surface area contributed by atoms with Gasteiger partial charge in [0.05, 0.1) is 11.1 Å². The van der Waals surface area contributed by atoms with Crippen molar-refractivity contribution in [3.63, 3.8) is 0 Å². The number of halogens is 3. The molecule has 1 aromatic heterocycles. The van der Waals surface area contributed by atoms with Gasteiger partial charge in [0.1, 0.15) is 5.82 Å². The molecule has 3 aromatic carbocycles. The number of nitrogen functional groups attached to an aromatic ring is 1. The maximum atomic E-state index is 14.0. The molecule has 6 nitrogen and oxygen atoms in total. The quantitative estimate of drug-likeness (QED) is 0.225. The summed E-state index contributed by atoms with van der Waals surface area (Å²) in [6.07, 6.45) is -4.06. The molecule has 1 unspecified atom stereocenters. The predicted molar refractivity (Wildman–Crippen MR) is 156 cm³/mol. The van der Waals surface area contributed by atoms with E-state index in [1.54, 1.807) is 30.5 Å². The van der Waals surface area contributed by atoms with Gasteiger partial charge in [-0.3, -0.25) is 4.90 Å². The third-order valence-corrected chi connectivity index (χ3v) is 7.43. The van der Waals surface area contributed by atoms with Crippen LogP contribution in [0, 0.1) is 18.8 Å². The van der Waals surface area contributed by atoms with Crippen molar-refractivity contribution < 1.29 is 18.3 Å². The highest BCUT2D eigenvalue weighted by Gasteiger charge is 2.34. The number of pyridine rings is 1. The molecule has 2 heterocycles. The number of piperazine rings is 1. The SMILES string of the molecule is Cc1cc(C(O)Nc2ccc(CN3CCN(C)CC3)c(C(F)(F)F)c2)ccc1C#Cc1cnc(N)c2ccccc12. The number of nitrogens with one attached hydrogen (secondary N) is 1. The van der Waals surface area contributed by atoms with Crippen LogP contribution < -0.4 is 11.1 Å². The number of benzene rings is 3. The fourth-order valence-corrected chi connectivity index (χ4v) is 5.00. The van der Waals surface area contributed by atoms with Crippen LogP contribution in [0.15, 0.2) is 66.9 Å². The highest BCUT2D eigenvalue weighted by molar-refractivity contribution is 5.94. The van der Waals surface area contributed by atoms with Gasteiger partial charge in [-0.15, -0.1) is 0 Å². The van der Waals surface area contributed by atoms with Crippen molar-refractivity contribution in [3.8, 4) is 11.8 Å². The Labute approximate surface area is 237 Å². The molecule has 41 heavy (non-hydrogen) atoms. The van der Waals surface area contributed by atoms with E-state index in [2.05, 4.69) is 27.0 Å². The maximum Gasteiger partial charge on any atom is 0.416 e. The number of fused-ring (bicyclic) bond motifs is 1. The van der Waals surface area contributed by atoms with Gasteiger partial charge < -0.3 is 21.1 Å². The number of alkyl halides is 3. The van der Waals surface area contributed by atoms with E-state index in [1.807, 2.05) is 43.1 Å². The second-order valence-corrected chi connectivity index (χ2v) is 10.4. The molecule has 4 N–H and O–H groups in total. The van der Waals surface area contributed by atoms with Gasteiger partial charge in [-0.1, -0.05) is 54.3 Å². The number of aromatic nitrogens is 1. The molecular weight excluding hydrogens is 527 g/mol. The van der Waals surface area contributed by atoms with Crippen LogP contribution in [-0.2, 0) is 12.7 Å². The average molecular weight is 560 g/mol. The molecule has 1 aliphatic rings. The van der Waals surface area contributed by atoms with Crippen LogP contribution in [0.2, 0.25) is 0 Å². The number of likely N-dealkylation sites (N-methyl/N-ethyl adjacent to an activating group) is 1. The van der Waals surface area contributed by atoms with Gasteiger partial charge in [-0.05, 0) is 43.3 Å². The molecule has 9 heteroatoms. The molecule has 5 rings (SSSR count). The Kier molecular flexibility index (Phi) is 8.18. The normalized spacial score (nSPS) is 15.4. The van der Waals surface area contributed by atoms with E-state index < -0.39 is 18.0 Å². The van der Waals surface area contributed by atoms with E-state index in [0.29, 0.717) is 11.4 Å². The number of hydrogen-bond acceptors (Lipinski definition) is 6. The third-order valence-electron chi connectivity index (χ3n) is 7.43. The summed E-state index contributed by atoms with van der Waals surface area (Å²) in [4.78, 5) is 8.43. The molecule has 212 valence electrons. The van der Waals surface area contributed by atoms with Crippen LogP contribution in [0.25, 0.3) is 10.8 Å². The monoisotopic (exact) mass is 559 g/mol. The van der Waals surface area contributed by atoms with Crippen LogP contribution in [0.1, 0.15) is 39.6 Å². The highest BCUT2D eigenvalue weighted by Crippen LogP contribution is 2.35. The summed E-state index contributed by atoms with van der Waals surface area (Å²) in [5.74, 6) is 6.76. The van der Waals surface area contributed by atoms with Crippen LogP contribution in [0.4, 0.5) is 24.7 Å². The van der Waals surface area contributed by atoms with Gasteiger partial charge in [0, 0.05) is 66.5 Å². The largest absolute Gasteiger partial charge is 0.416 e. The smallest absolute Gasteiger partial charge is 0.383 e. The summed E-state index contributed by atoms with van der Waals surface area (Å²) in [5.41, 5.74) is 8.55. The lowest BCUT2D eigenvalue weighted by atomic mass is 10.0. The van der Waals surface area contributed by atoms with Crippen molar-refractivity contribution >= 4 is 22.3 Å². The van der Waals surface area contributed by atoms with Gasteiger partial charge >= 0.3 is 6.18 Å². The van der Waals surface area contributed by atoms with Crippen LogP contribution in [0.5, 0.6) is 0 Å². The Bertz CT molecular complexity index is 1620.